The van der Waals surface area contributed by atoms with E-state index in [-0.39, 0.29) is 41.9 Å². The van der Waals surface area contributed by atoms with E-state index in [1.54, 1.807) is 0 Å². The summed E-state index contributed by atoms with van der Waals surface area (Å²) < 4.78 is 0. The van der Waals surface area contributed by atoms with Crippen LogP contribution in [0, 0.1) is 0 Å². The van der Waals surface area contributed by atoms with Crippen LogP contribution in [0.3, 0.4) is 0 Å². The molecule has 1 aromatic heterocycles. The van der Waals surface area contributed by atoms with E-state index in [9.17, 15) is 0 Å². The maximum absolute atomic E-state index is 5.12. The van der Waals surface area contributed by atoms with Crippen molar-refractivity contribution in [2.24, 2.45) is 9.98 Å². The van der Waals surface area contributed by atoms with Crippen molar-refractivity contribution < 1.29 is 41.9 Å². The quantitative estimate of drug-likeness (QED) is 0.301. The topological polar surface area (TPSA) is 37.6 Å². The van der Waals surface area contributed by atoms with Crippen molar-refractivity contribution >= 4 is 35.0 Å². The summed E-state index contributed by atoms with van der Waals surface area (Å²) in [6.45, 7) is 20.6. The van der Waals surface area contributed by atoms with Gasteiger partial charge in [0.1, 0.15) is 0 Å². The average Bonchev–Trinajstić information content (AvgIpc) is 2.84. The van der Waals surface area contributed by atoms with Crippen LogP contribution in [-0.4, -0.2) is 16.4 Å². The average molecular weight is 576 g/mol. The maximum atomic E-state index is 5.12. The van der Waals surface area contributed by atoms with Crippen molar-refractivity contribution in [2.75, 3.05) is 0 Å². The Kier molecular flexibility index (Phi) is 14.6. The van der Waals surface area contributed by atoms with Gasteiger partial charge in [-0.3, -0.25) is 9.98 Å². The Hall–Kier alpha value is -2.49. The first kappa shape index (κ1) is 34.5. The van der Waals surface area contributed by atoms with Crippen LogP contribution >= 0.6 is 0 Å². The van der Waals surface area contributed by atoms with Crippen LogP contribution in [0.25, 0.3) is 12.2 Å². The smallest absolute Gasteiger partial charge is 1.00 e. The zero-order chi connectivity index (χ0) is 24.8. The molecule has 37 heavy (non-hydrogen) atoms. The molecule has 0 saturated carbocycles. The third-order valence-corrected chi connectivity index (χ3v) is 5.87. The molecule has 0 fully saturated rings. The number of rotatable bonds is 8. The van der Waals surface area contributed by atoms with Crippen LogP contribution in [0.15, 0.2) is 77.7 Å². The van der Waals surface area contributed by atoms with E-state index < -0.39 is 0 Å². The first-order valence-corrected chi connectivity index (χ1v) is 11.8. The van der Waals surface area contributed by atoms with Gasteiger partial charge < -0.3 is 24.8 Å². The van der Waals surface area contributed by atoms with Crippen molar-refractivity contribution in [2.45, 2.75) is 53.4 Å². The third kappa shape index (κ3) is 8.79. The molecule has 0 bridgehead atoms. The minimum absolute atomic E-state index is 0. The van der Waals surface area contributed by atoms with Gasteiger partial charge in [-0.15, -0.1) is 0 Å². The maximum Gasteiger partial charge on any atom is 2.00 e. The van der Waals surface area contributed by atoms with Crippen LogP contribution in [0.1, 0.15) is 87.0 Å². The minimum Gasteiger partial charge on any atom is -1.00 e. The number of aromatic nitrogens is 1. The van der Waals surface area contributed by atoms with Crippen LogP contribution in [-0.2, 0) is 17.1 Å². The van der Waals surface area contributed by atoms with Gasteiger partial charge in [0.05, 0.1) is 34.2 Å². The third-order valence-electron chi connectivity index (χ3n) is 5.87. The molecule has 0 amide bonds. The monoisotopic (exact) mass is 575 g/mol. The van der Waals surface area contributed by atoms with Gasteiger partial charge in [-0.05, 0) is 84.3 Å². The summed E-state index contributed by atoms with van der Waals surface area (Å²) in [6, 6.07) is 18.4. The van der Waals surface area contributed by atoms with Gasteiger partial charge in [-0.1, -0.05) is 71.2 Å². The Labute approximate surface area is 245 Å². The Morgan fingerprint density at radius 1 is 0.730 bits per heavy atom. The van der Waals surface area contributed by atoms with E-state index in [1.807, 2.05) is 68.5 Å². The van der Waals surface area contributed by atoms with Gasteiger partial charge in [-0.2, -0.15) is 0 Å². The van der Waals surface area contributed by atoms with Crippen molar-refractivity contribution in [1.82, 2.24) is 4.98 Å². The van der Waals surface area contributed by atoms with E-state index in [2.05, 4.69) is 53.0 Å². The molecule has 3 aromatic rings. The molecule has 0 unspecified atom stereocenters. The zero-order valence-electron chi connectivity index (χ0n) is 22.4. The summed E-state index contributed by atoms with van der Waals surface area (Å²) in [4.78, 5) is 14.8. The molecule has 0 aliphatic carbocycles. The molecule has 0 spiro atoms. The number of nitrogens with zero attached hydrogens (tertiary/aromatic N) is 3. The fraction of sp³-hybridized carbons (Fsp3) is 0.258. The van der Waals surface area contributed by atoms with E-state index in [4.69, 9.17) is 15.0 Å². The van der Waals surface area contributed by atoms with Crippen molar-refractivity contribution in [3.63, 3.8) is 0 Å². The van der Waals surface area contributed by atoms with Gasteiger partial charge >= 0.3 is 17.1 Å². The summed E-state index contributed by atoms with van der Waals surface area (Å²) in [6.07, 6.45) is 3.74. The van der Waals surface area contributed by atoms with Crippen LogP contribution < -0.4 is 24.8 Å². The SMILES string of the molecule is C=Cc1ccc(N=C(C)c2cccc(C(C)=Nc3c(C(C)C)cc(C=C)cc3C(C)C)n2)cc1.[Cl-].[Cl-].[Fe+2]. The number of hydrogen-bond acceptors (Lipinski definition) is 3. The van der Waals surface area contributed by atoms with Crippen molar-refractivity contribution in [3.8, 4) is 0 Å². The molecule has 0 aliphatic heterocycles. The minimum atomic E-state index is 0. The first-order valence-electron chi connectivity index (χ1n) is 11.8. The Balaban J connectivity index is 0.00000432. The van der Waals surface area contributed by atoms with Crippen LogP contribution in [0.2, 0.25) is 0 Å². The molecule has 0 N–H and O–H groups in total. The number of halogens is 2. The van der Waals surface area contributed by atoms with Crippen LogP contribution in [0.4, 0.5) is 11.4 Å². The summed E-state index contributed by atoms with van der Waals surface area (Å²) in [5.41, 5.74) is 10.1. The molecule has 196 valence electrons. The summed E-state index contributed by atoms with van der Waals surface area (Å²) >= 11 is 0. The Morgan fingerprint density at radius 3 is 1.62 bits per heavy atom. The van der Waals surface area contributed by atoms with E-state index >= 15 is 0 Å². The number of pyridine rings is 1. The number of hydrogen-bond donors (Lipinski definition) is 0. The zero-order valence-corrected chi connectivity index (χ0v) is 25.0. The molecule has 3 nitrogen and oxygen atoms in total. The Bertz CT molecular complexity index is 1230. The second kappa shape index (κ2) is 15.7. The van der Waals surface area contributed by atoms with Crippen LogP contribution in [0.5, 0.6) is 0 Å². The molecular formula is C31H35Cl2FeN3. The van der Waals surface area contributed by atoms with Gasteiger partial charge in [0, 0.05) is 0 Å². The van der Waals surface area contributed by atoms with Gasteiger partial charge in [0.2, 0.25) is 0 Å². The molecule has 0 aliphatic rings. The van der Waals surface area contributed by atoms with E-state index in [0.29, 0.717) is 11.8 Å². The predicted molar refractivity (Wildman–Crippen MR) is 149 cm³/mol. The second-order valence-electron chi connectivity index (χ2n) is 9.16. The predicted octanol–water partition coefficient (Wildman–Crippen LogP) is 2.90. The molecular weight excluding hydrogens is 541 g/mol. The largest absolute Gasteiger partial charge is 2.00 e. The fourth-order valence-corrected chi connectivity index (χ4v) is 3.83. The summed E-state index contributed by atoms with van der Waals surface area (Å²) in [5, 5.41) is 0. The summed E-state index contributed by atoms with van der Waals surface area (Å²) in [7, 11) is 0. The second-order valence-corrected chi connectivity index (χ2v) is 9.16. The number of benzene rings is 2. The molecule has 6 heteroatoms. The normalized spacial score (nSPS) is 11.4. The van der Waals surface area contributed by atoms with Crippen molar-refractivity contribution in [1.29, 1.82) is 0 Å². The van der Waals surface area contributed by atoms with Gasteiger partial charge in [-0.25, -0.2) is 4.98 Å². The molecule has 0 radical (unpaired) electrons. The molecule has 0 atom stereocenters. The molecule has 3 rings (SSSR count). The standard InChI is InChI=1S/C31H35N3.2ClH.Fe/c1-9-24-14-16-26(17-15-24)32-22(7)29-12-11-13-30(34-29)23(8)33-31-27(20(3)4)18-25(10-2)19-28(31)21(5)6;;;/h9-21H,1-2H2,3-8H3;2*1H;/q;;;+2/p-2. The van der Waals surface area contributed by atoms with E-state index in [0.717, 1.165) is 45.3 Å². The Morgan fingerprint density at radius 2 is 1.19 bits per heavy atom. The number of aliphatic imine (C=N–C) groups is 2. The fourth-order valence-electron chi connectivity index (χ4n) is 3.83. The first-order chi connectivity index (χ1) is 16.2. The van der Waals surface area contributed by atoms with Gasteiger partial charge in [0.25, 0.3) is 0 Å². The molecule has 0 saturated heterocycles. The molecule has 1 heterocycles. The summed E-state index contributed by atoms with van der Waals surface area (Å²) in [5.74, 6) is 0.704. The van der Waals surface area contributed by atoms with Crippen molar-refractivity contribution in [3.05, 3.63) is 101 Å². The van der Waals surface area contributed by atoms with Gasteiger partial charge in [0.15, 0.2) is 0 Å². The molecule has 2 aromatic carbocycles. The van der Waals surface area contributed by atoms with E-state index in [1.165, 1.54) is 11.1 Å².